The maximum atomic E-state index is 12.1. The summed E-state index contributed by atoms with van der Waals surface area (Å²) in [5, 5.41) is 5.50. The number of hydrogen-bond acceptors (Lipinski definition) is 4. The Bertz CT molecular complexity index is 778. The molecule has 27 heavy (non-hydrogen) atoms. The topological polar surface area (TPSA) is 70.7 Å². The van der Waals surface area contributed by atoms with Gasteiger partial charge >= 0.3 is 0 Å². The highest BCUT2D eigenvalue weighted by Gasteiger charge is 2.16. The van der Waals surface area contributed by atoms with Crippen molar-refractivity contribution in [2.45, 2.75) is 6.04 Å². The van der Waals surface area contributed by atoms with Gasteiger partial charge < -0.3 is 20.3 Å². The van der Waals surface area contributed by atoms with Crippen LogP contribution in [0.15, 0.2) is 53.0 Å². The lowest BCUT2D eigenvalue weighted by atomic mass is 10.1. The molecular formula is C20H24BrN3O3. The van der Waals surface area contributed by atoms with Crippen LogP contribution in [-0.4, -0.2) is 51.0 Å². The number of ether oxygens (including phenoxy) is 1. The third kappa shape index (κ3) is 6.37. The van der Waals surface area contributed by atoms with Crippen LogP contribution in [0.25, 0.3) is 0 Å². The van der Waals surface area contributed by atoms with Gasteiger partial charge in [-0.25, -0.2) is 0 Å². The Morgan fingerprint density at radius 2 is 1.81 bits per heavy atom. The number of carbonyl (C=O) groups excluding carboxylic acids is 2. The Labute approximate surface area is 168 Å². The molecule has 7 heteroatoms. The summed E-state index contributed by atoms with van der Waals surface area (Å²) in [6.07, 6.45) is 0. The lowest BCUT2D eigenvalue weighted by molar-refractivity contribution is -0.120. The standard InChI is InChI=1S/C20H24BrN3O3/c1-24(2)18(15-5-4-6-17(11-15)27-3)12-22-19(25)13-23-20(26)14-7-9-16(21)10-8-14/h4-11,18H,12-13H2,1-3H3,(H,22,25)(H,23,26). The molecule has 0 radical (unpaired) electrons. The minimum Gasteiger partial charge on any atom is -0.497 e. The van der Waals surface area contributed by atoms with Gasteiger partial charge in [0.1, 0.15) is 5.75 Å². The van der Waals surface area contributed by atoms with Crippen LogP contribution in [-0.2, 0) is 4.79 Å². The van der Waals surface area contributed by atoms with Crippen LogP contribution < -0.4 is 15.4 Å². The minimum absolute atomic E-state index is 0.00812. The van der Waals surface area contributed by atoms with Crippen molar-refractivity contribution >= 4 is 27.7 Å². The van der Waals surface area contributed by atoms with E-state index in [9.17, 15) is 9.59 Å². The normalized spacial score (nSPS) is 11.7. The van der Waals surface area contributed by atoms with Gasteiger partial charge in [0.25, 0.3) is 5.91 Å². The molecule has 0 aliphatic carbocycles. The van der Waals surface area contributed by atoms with E-state index in [-0.39, 0.29) is 24.4 Å². The zero-order valence-electron chi connectivity index (χ0n) is 15.7. The molecule has 2 amide bonds. The molecule has 0 aliphatic rings. The zero-order chi connectivity index (χ0) is 19.8. The average Bonchev–Trinajstić information content (AvgIpc) is 2.66. The molecule has 0 saturated heterocycles. The van der Waals surface area contributed by atoms with Crippen molar-refractivity contribution in [1.82, 2.24) is 15.5 Å². The van der Waals surface area contributed by atoms with E-state index >= 15 is 0 Å². The molecule has 0 bridgehead atoms. The molecule has 2 rings (SSSR count). The van der Waals surface area contributed by atoms with Crippen LogP contribution in [0.2, 0.25) is 0 Å². The number of amides is 2. The van der Waals surface area contributed by atoms with Crippen molar-refractivity contribution in [3.8, 4) is 5.75 Å². The predicted octanol–water partition coefficient (Wildman–Crippen LogP) is 2.61. The van der Waals surface area contributed by atoms with Gasteiger partial charge in [0, 0.05) is 16.6 Å². The van der Waals surface area contributed by atoms with E-state index in [1.54, 1.807) is 31.4 Å². The van der Waals surface area contributed by atoms with Gasteiger partial charge in [-0.05, 0) is 56.1 Å². The number of carbonyl (C=O) groups is 2. The van der Waals surface area contributed by atoms with Gasteiger partial charge in [-0.15, -0.1) is 0 Å². The van der Waals surface area contributed by atoms with Crippen molar-refractivity contribution < 1.29 is 14.3 Å². The Morgan fingerprint density at radius 3 is 2.44 bits per heavy atom. The monoisotopic (exact) mass is 433 g/mol. The van der Waals surface area contributed by atoms with Gasteiger partial charge in [-0.3, -0.25) is 9.59 Å². The SMILES string of the molecule is COc1cccc(C(CNC(=O)CNC(=O)c2ccc(Br)cc2)N(C)C)c1. The van der Waals surface area contributed by atoms with Gasteiger partial charge in [0.2, 0.25) is 5.91 Å². The fraction of sp³-hybridized carbons (Fsp3) is 0.300. The summed E-state index contributed by atoms with van der Waals surface area (Å²) in [5.41, 5.74) is 1.55. The van der Waals surface area contributed by atoms with Gasteiger partial charge in [-0.1, -0.05) is 28.1 Å². The quantitative estimate of drug-likeness (QED) is 0.670. The number of benzene rings is 2. The van der Waals surface area contributed by atoms with Crippen molar-refractivity contribution in [1.29, 1.82) is 0 Å². The summed E-state index contributed by atoms with van der Waals surface area (Å²) >= 11 is 3.32. The molecule has 0 fully saturated rings. The number of nitrogens with one attached hydrogen (secondary N) is 2. The second kappa shape index (κ2) is 10.1. The van der Waals surface area contributed by atoms with Crippen LogP contribution in [0.4, 0.5) is 0 Å². The Balaban J connectivity index is 1.88. The summed E-state index contributed by atoms with van der Waals surface area (Å²) in [7, 11) is 5.52. The minimum atomic E-state index is -0.283. The number of methoxy groups -OCH3 is 1. The largest absolute Gasteiger partial charge is 0.497 e. The first-order chi connectivity index (χ1) is 12.9. The highest BCUT2D eigenvalue weighted by Crippen LogP contribution is 2.22. The molecule has 0 saturated carbocycles. The summed E-state index contributed by atoms with van der Waals surface area (Å²) < 4.78 is 6.16. The van der Waals surface area contributed by atoms with Crippen LogP contribution >= 0.6 is 15.9 Å². The summed E-state index contributed by atoms with van der Waals surface area (Å²) in [5.74, 6) is 0.247. The second-order valence-corrected chi connectivity index (χ2v) is 7.17. The number of nitrogens with zero attached hydrogens (tertiary/aromatic N) is 1. The molecule has 0 spiro atoms. The fourth-order valence-electron chi connectivity index (χ4n) is 2.58. The van der Waals surface area contributed by atoms with Crippen molar-refractivity contribution in [3.63, 3.8) is 0 Å². The van der Waals surface area contributed by atoms with E-state index in [2.05, 4.69) is 26.6 Å². The van der Waals surface area contributed by atoms with E-state index in [0.29, 0.717) is 12.1 Å². The number of halogens is 1. The van der Waals surface area contributed by atoms with Crippen LogP contribution in [0, 0.1) is 0 Å². The summed E-state index contributed by atoms with van der Waals surface area (Å²) in [6, 6.07) is 14.7. The highest BCUT2D eigenvalue weighted by molar-refractivity contribution is 9.10. The molecule has 2 aromatic rings. The molecule has 0 aliphatic heterocycles. The van der Waals surface area contributed by atoms with Crippen molar-refractivity contribution in [3.05, 3.63) is 64.1 Å². The van der Waals surface area contributed by atoms with Crippen molar-refractivity contribution in [2.75, 3.05) is 34.3 Å². The van der Waals surface area contributed by atoms with E-state index < -0.39 is 0 Å². The second-order valence-electron chi connectivity index (χ2n) is 6.25. The fourth-order valence-corrected chi connectivity index (χ4v) is 2.85. The van der Waals surface area contributed by atoms with Crippen LogP contribution in [0.5, 0.6) is 5.75 Å². The van der Waals surface area contributed by atoms with Crippen LogP contribution in [0.3, 0.4) is 0 Å². The third-order valence-electron chi connectivity index (χ3n) is 4.11. The predicted molar refractivity (Wildman–Crippen MR) is 109 cm³/mol. The molecule has 2 N–H and O–H groups in total. The average molecular weight is 434 g/mol. The highest BCUT2D eigenvalue weighted by atomic mass is 79.9. The number of hydrogen-bond donors (Lipinski definition) is 2. The molecule has 0 aromatic heterocycles. The van der Waals surface area contributed by atoms with E-state index in [1.165, 1.54) is 0 Å². The van der Waals surface area contributed by atoms with E-state index in [4.69, 9.17) is 4.74 Å². The zero-order valence-corrected chi connectivity index (χ0v) is 17.2. The Hall–Kier alpha value is -2.38. The molecule has 0 heterocycles. The lowest BCUT2D eigenvalue weighted by Gasteiger charge is -2.25. The smallest absolute Gasteiger partial charge is 0.251 e. The molecule has 2 aromatic carbocycles. The lowest BCUT2D eigenvalue weighted by Crippen LogP contribution is -2.40. The first-order valence-electron chi connectivity index (χ1n) is 8.51. The van der Waals surface area contributed by atoms with Gasteiger partial charge in [-0.2, -0.15) is 0 Å². The van der Waals surface area contributed by atoms with Crippen molar-refractivity contribution in [2.24, 2.45) is 0 Å². The molecule has 144 valence electrons. The molecule has 1 atom stereocenters. The molecular weight excluding hydrogens is 410 g/mol. The first kappa shape index (κ1) is 20.9. The van der Waals surface area contributed by atoms with Gasteiger partial charge in [0.15, 0.2) is 0 Å². The van der Waals surface area contributed by atoms with E-state index in [0.717, 1.165) is 15.8 Å². The van der Waals surface area contributed by atoms with Crippen LogP contribution in [0.1, 0.15) is 22.0 Å². The summed E-state index contributed by atoms with van der Waals surface area (Å²) in [4.78, 5) is 26.2. The third-order valence-corrected chi connectivity index (χ3v) is 4.64. The maximum absolute atomic E-state index is 12.1. The Morgan fingerprint density at radius 1 is 1.11 bits per heavy atom. The Kier molecular flexibility index (Phi) is 7.82. The molecule has 1 unspecified atom stereocenters. The van der Waals surface area contributed by atoms with E-state index in [1.807, 2.05) is 43.3 Å². The first-order valence-corrected chi connectivity index (χ1v) is 9.31. The number of likely N-dealkylation sites (N-methyl/N-ethyl adjacent to an activating group) is 1. The number of rotatable bonds is 8. The van der Waals surface area contributed by atoms with Gasteiger partial charge in [0.05, 0.1) is 19.7 Å². The maximum Gasteiger partial charge on any atom is 0.251 e. The molecule has 6 nitrogen and oxygen atoms in total. The summed E-state index contributed by atoms with van der Waals surface area (Å²) in [6.45, 7) is 0.348.